The van der Waals surface area contributed by atoms with Gasteiger partial charge in [-0.25, -0.2) is 9.50 Å². The number of aromatic nitrogens is 4. The molecule has 0 aliphatic rings. The third-order valence-electron chi connectivity index (χ3n) is 5.67. The first kappa shape index (κ1) is 22.9. The Kier molecular flexibility index (Phi) is 5.53. The molecule has 10 heteroatoms. The van der Waals surface area contributed by atoms with Crippen molar-refractivity contribution in [1.82, 2.24) is 19.2 Å². The standard InChI is InChI=1S/C26H17F3N6O/c1-16-4-5-21(33-25(36)19-9-17(13-30)10-20(11-19)26(27,28)29)12-22(16)34-8-6-24-32-15-23(35(24)34)18-3-2-7-31-14-18/h2-12,14-15H,1H3,(H,33,36). The van der Waals surface area contributed by atoms with Crippen LogP contribution in [0.3, 0.4) is 0 Å². The lowest BCUT2D eigenvalue weighted by Crippen LogP contribution is -2.15. The molecule has 0 aliphatic carbocycles. The molecule has 178 valence electrons. The summed E-state index contributed by atoms with van der Waals surface area (Å²) in [5, 5.41) is 11.7. The Morgan fingerprint density at radius 1 is 1.08 bits per heavy atom. The number of hydrogen-bond acceptors (Lipinski definition) is 4. The molecule has 0 saturated carbocycles. The minimum absolute atomic E-state index is 0.252. The number of carbonyl (C=O) groups is 1. The number of nitrogens with one attached hydrogen (secondary N) is 1. The smallest absolute Gasteiger partial charge is 0.322 e. The summed E-state index contributed by atoms with van der Waals surface area (Å²) in [6.07, 6.45) is 2.30. The Morgan fingerprint density at radius 3 is 2.64 bits per heavy atom. The number of nitrogens with zero attached hydrogens (tertiary/aromatic N) is 5. The van der Waals surface area contributed by atoms with Crippen LogP contribution in [0.5, 0.6) is 0 Å². The van der Waals surface area contributed by atoms with E-state index in [1.807, 2.05) is 40.5 Å². The highest BCUT2D eigenvalue weighted by molar-refractivity contribution is 6.04. The van der Waals surface area contributed by atoms with E-state index in [4.69, 9.17) is 5.26 Å². The molecule has 5 rings (SSSR count). The van der Waals surface area contributed by atoms with Crippen LogP contribution >= 0.6 is 0 Å². The van der Waals surface area contributed by atoms with Crippen molar-refractivity contribution in [1.29, 1.82) is 5.26 Å². The van der Waals surface area contributed by atoms with E-state index in [1.165, 1.54) is 0 Å². The lowest BCUT2D eigenvalue weighted by molar-refractivity contribution is -0.137. The number of hydrogen-bond donors (Lipinski definition) is 1. The summed E-state index contributed by atoms with van der Waals surface area (Å²) in [6.45, 7) is 1.90. The van der Waals surface area contributed by atoms with E-state index in [-0.39, 0.29) is 11.1 Å². The Bertz CT molecular complexity index is 1640. The molecule has 0 fully saturated rings. The van der Waals surface area contributed by atoms with Gasteiger partial charge in [-0.2, -0.15) is 18.4 Å². The number of amides is 1. The van der Waals surface area contributed by atoms with E-state index < -0.39 is 17.6 Å². The number of alkyl halides is 3. The molecular weight excluding hydrogens is 469 g/mol. The maximum absolute atomic E-state index is 13.2. The van der Waals surface area contributed by atoms with Gasteiger partial charge in [0.2, 0.25) is 0 Å². The Balaban J connectivity index is 1.52. The quantitative estimate of drug-likeness (QED) is 0.356. The van der Waals surface area contributed by atoms with E-state index in [0.29, 0.717) is 17.4 Å². The summed E-state index contributed by atoms with van der Waals surface area (Å²) in [6, 6.07) is 15.0. The van der Waals surface area contributed by atoms with E-state index in [1.54, 1.807) is 42.9 Å². The van der Waals surface area contributed by atoms with Crippen molar-refractivity contribution in [2.24, 2.45) is 0 Å². The van der Waals surface area contributed by atoms with Crippen molar-refractivity contribution in [3.63, 3.8) is 0 Å². The molecular formula is C26H17F3N6O. The number of aryl methyl sites for hydroxylation is 1. The van der Waals surface area contributed by atoms with Gasteiger partial charge in [0, 0.05) is 41.5 Å². The number of pyridine rings is 1. The molecule has 0 aliphatic heterocycles. The van der Waals surface area contributed by atoms with Crippen LogP contribution in [0.25, 0.3) is 22.6 Å². The third-order valence-corrected chi connectivity index (χ3v) is 5.67. The fraction of sp³-hybridized carbons (Fsp3) is 0.0769. The minimum atomic E-state index is -4.69. The van der Waals surface area contributed by atoms with Crippen molar-refractivity contribution in [3.05, 3.63) is 102 Å². The largest absolute Gasteiger partial charge is 0.416 e. The summed E-state index contributed by atoms with van der Waals surface area (Å²) in [7, 11) is 0. The monoisotopic (exact) mass is 486 g/mol. The number of anilines is 1. The Morgan fingerprint density at radius 2 is 1.92 bits per heavy atom. The summed E-state index contributed by atoms with van der Waals surface area (Å²) in [5.74, 6) is -0.760. The van der Waals surface area contributed by atoms with Gasteiger partial charge in [0.1, 0.15) is 0 Å². The summed E-state index contributed by atoms with van der Waals surface area (Å²) in [5.41, 5.74) is 2.80. The number of rotatable bonds is 4. The van der Waals surface area contributed by atoms with Gasteiger partial charge in [-0.15, -0.1) is 0 Å². The van der Waals surface area contributed by atoms with Crippen molar-refractivity contribution in [2.45, 2.75) is 13.1 Å². The van der Waals surface area contributed by atoms with Gasteiger partial charge in [-0.05, 0) is 55.0 Å². The van der Waals surface area contributed by atoms with Crippen LogP contribution < -0.4 is 5.32 Å². The van der Waals surface area contributed by atoms with E-state index in [2.05, 4.69) is 15.3 Å². The summed E-state index contributed by atoms with van der Waals surface area (Å²) < 4.78 is 43.5. The van der Waals surface area contributed by atoms with Gasteiger partial charge in [0.15, 0.2) is 5.65 Å². The minimum Gasteiger partial charge on any atom is -0.322 e. The molecule has 0 atom stereocenters. The van der Waals surface area contributed by atoms with Crippen LogP contribution in [-0.4, -0.2) is 25.1 Å². The van der Waals surface area contributed by atoms with Crippen LogP contribution in [0, 0.1) is 18.3 Å². The molecule has 0 radical (unpaired) electrons. The van der Waals surface area contributed by atoms with E-state index in [0.717, 1.165) is 34.6 Å². The molecule has 1 N–H and O–H groups in total. The third kappa shape index (κ3) is 4.18. The lowest BCUT2D eigenvalue weighted by Gasteiger charge is -2.14. The van der Waals surface area contributed by atoms with Crippen LogP contribution in [0.15, 0.2) is 79.4 Å². The topological polar surface area (TPSA) is 88.0 Å². The molecule has 1 amide bonds. The van der Waals surface area contributed by atoms with E-state index >= 15 is 0 Å². The maximum atomic E-state index is 13.2. The van der Waals surface area contributed by atoms with Crippen molar-refractivity contribution in [3.8, 4) is 23.0 Å². The molecule has 7 nitrogen and oxygen atoms in total. The zero-order valence-corrected chi connectivity index (χ0v) is 18.8. The molecule has 3 heterocycles. The number of halogens is 3. The number of fused-ring (bicyclic) bond motifs is 1. The van der Waals surface area contributed by atoms with Crippen LogP contribution in [0.2, 0.25) is 0 Å². The molecule has 0 saturated heterocycles. The lowest BCUT2D eigenvalue weighted by atomic mass is 10.0. The second-order valence-corrected chi connectivity index (χ2v) is 8.08. The highest BCUT2D eigenvalue weighted by Gasteiger charge is 2.32. The first-order valence-corrected chi connectivity index (χ1v) is 10.7. The molecule has 3 aromatic heterocycles. The zero-order valence-electron chi connectivity index (χ0n) is 18.8. The fourth-order valence-electron chi connectivity index (χ4n) is 3.93. The molecule has 0 spiro atoms. The number of benzene rings is 2. The summed E-state index contributed by atoms with van der Waals surface area (Å²) >= 11 is 0. The number of imidazole rings is 1. The first-order valence-electron chi connectivity index (χ1n) is 10.7. The van der Waals surface area contributed by atoms with Gasteiger partial charge in [-0.1, -0.05) is 6.07 Å². The Labute approximate surface area is 203 Å². The van der Waals surface area contributed by atoms with Crippen molar-refractivity contribution >= 4 is 17.2 Å². The fourth-order valence-corrected chi connectivity index (χ4v) is 3.93. The van der Waals surface area contributed by atoms with Gasteiger partial charge >= 0.3 is 6.18 Å². The number of nitriles is 1. The van der Waals surface area contributed by atoms with Crippen LogP contribution in [0.4, 0.5) is 18.9 Å². The second kappa shape index (κ2) is 8.70. The van der Waals surface area contributed by atoms with Gasteiger partial charge in [-0.3, -0.25) is 14.5 Å². The van der Waals surface area contributed by atoms with Crippen LogP contribution in [-0.2, 0) is 6.18 Å². The predicted octanol–water partition coefficient (Wildman–Crippen LogP) is 5.64. The molecule has 5 aromatic rings. The molecule has 36 heavy (non-hydrogen) atoms. The Hall–Kier alpha value is -4.91. The first-order chi connectivity index (χ1) is 17.2. The van der Waals surface area contributed by atoms with Crippen molar-refractivity contribution in [2.75, 3.05) is 5.32 Å². The maximum Gasteiger partial charge on any atom is 0.416 e. The average molecular weight is 486 g/mol. The van der Waals surface area contributed by atoms with Crippen molar-refractivity contribution < 1.29 is 18.0 Å². The van der Waals surface area contributed by atoms with Gasteiger partial charge < -0.3 is 5.32 Å². The SMILES string of the molecule is Cc1ccc(NC(=O)c2cc(C#N)cc(C(F)(F)F)c2)cc1-n1ccc2ncc(-c3cccnc3)n21. The number of carbonyl (C=O) groups excluding carboxylic acids is 1. The highest BCUT2D eigenvalue weighted by atomic mass is 19.4. The predicted molar refractivity (Wildman–Crippen MR) is 127 cm³/mol. The molecule has 0 bridgehead atoms. The molecule has 2 aromatic carbocycles. The van der Waals surface area contributed by atoms with E-state index in [9.17, 15) is 18.0 Å². The average Bonchev–Trinajstić information content (AvgIpc) is 3.47. The molecule has 0 unspecified atom stereocenters. The highest BCUT2D eigenvalue weighted by Crippen LogP contribution is 2.31. The second-order valence-electron chi connectivity index (χ2n) is 8.08. The normalized spacial score (nSPS) is 11.4. The summed E-state index contributed by atoms with van der Waals surface area (Å²) in [4.78, 5) is 21.5. The van der Waals surface area contributed by atoms with Crippen LogP contribution in [0.1, 0.15) is 27.0 Å². The zero-order chi connectivity index (χ0) is 25.4. The van der Waals surface area contributed by atoms with Gasteiger partial charge in [0.05, 0.1) is 34.8 Å². The van der Waals surface area contributed by atoms with Gasteiger partial charge in [0.25, 0.3) is 5.91 Å².